The Labute approximate surface area is 157 Å². The lowest BCUT2D eigenvalue weighted by molar-refractivity contribution is 0.489. The summed E-state index contributed by atoms with van der Waals surface area (Å²) >= 11 is 0. The molecule has 0 radical (unpaired) electrons. The minimum absolute atomic E-state index is 0.126. The van der Waals surface area contributed by atoms with Crippen molar-refractivity contribution in [3.63, 3.8) is 0 Å². The number of nitrogens with zero attached hydrogens (tertiary/aromatic N) is 2. The Hall–Kier alpha value is -2.22. The lowest BCUT2D eigenvalue weighted by Gasteiger charge is -2.31. The van der Waals surface area contributed by atoms with Crippen LogP contribution in [0.1, 0.15) is 65.5 Å². The Morgan fingerprint density at radius 2 is 1.38 bits per heavy atom. The van der Waals surface area contributed by atoms with Crippen molar-refractivity contribution in [1.29, 1.82) is 0 Å². The van der Waals surface area contributed by atoms with Crippen molar-refractivity contribution in [2.75, 3.05) is 0 Å². The zero-order valence-electron chi connectivity index (χ0n) is 16.9. The van der Waals surface area contributed by atoms with Crippen LogP contribution < -0.4 is 0 Å². The standard InChI is InChI=1S/C24H30N2/c1-7-23(3,4)20-11-12-21(22(14-20)24(5,6)8-2)17-9-10-18-15-25-26-16-19(18)13-17/h9-16H,7-8H2,1-6H3. The second kappa shape index (κ2) is 6.83. The molecule has 0 spiro atoms. The molecule has 2 aromatic carbocycles. The third-order valence-electron chi connectivity index (χ3n) is 6.16. The molecule has 0 saturated heterocycles. The average molecular weight is 347 g/mol. The molecule has 0 N–H and O–H groups in total. The third kappa shape index (κ3) is 3.38. The summed E-state index contributed by atoms with van der Waals surface area (Å²) in [5, 5.41) is 10.3. The summed E-state index contributed by atoms with van der Waals surface area (Å²) in [6.45, 7) is 13.9. The predicted octanol–water partition coefficient (Wildman–Crippen LogP) is 6.67. The second-order valence-corrected chi connectivity index (χ2v) is 8.57. The minimum atomic E-state index is 0.126. The summed E-state index contributed by atoms with van der Waals surface area (Å²) in [7, 11) is 0. The maximum atomic E-state index is 4.04. The van der Waals surface area contributed by atoms with Gasteiger partial charge in [0.05, 0.1) is 12.4 Å². The van der Waals surface area contributed by atoms with Gasteiger partial charge in [-0.2, -0.15) is 10.2 Å². The zero-order chi connectivity index (χ0) is 18.9. The number of hydrogen-bond acceptors (Lipinski definition) is 2. The number of rotatable bonds is 5. The normalized spacial score (nSPS) is 12.5. The molecule has 0 saturated carbocycles. The van der Waals surface area contributed by atoms with Crippen LogP contribution in [0, 0.1) is 0 Å². The maximum absolute atomic E-state index is 4.04. The van der Waals surface area contributed by atoms with Crippen molar-refractivity contribution in [3.8, 4) is 11.1 Å². The van der Waals surface area contributed by atoms with E-state index in [-0.39, 0.29) is 10.8 Å². The molecule has 0 amide bonds. The molecule has 0 aliphatic heterocycles. The second-order valence-electron chi connectivity index (χ2n) is 8.57. The SMILES string of the molecule is CCC(C)(C)c1ccc(-c2ccc3cnncc3c2)c(C(C)(C)CC)c1. The van der Waals surface area contributed by atoms with Crippen molar-refractivity contribution >= 4 is 10.8 Å². The molecule has 2 heteroatoms. The first-order valence-electron chi connectivity index (χ1n) is 9.64. The van der Waals surface area contributed by atoms with Gasteiger partial charge in [0, 0.05) is 10.8 Å². The molecule has 0 aliphatic rings. The van der Waals surface area contributed by atoms with Crippen LogP contribution in [0.4, 0.5) is 0 Å². The molecule has 0 aliphatic carbocycles. The maximum Gasteiger partial charge on any atom is 0.0574 e. The smallest absolute Gasteiger partial charge is 0.0574 e. The topological polar surface area (TPSA) is 25.8 Å². The number of fused-ring (bicyclic) bond motifs is 1. The Balaban J connectivity index is 2.22. The lowest BCUT2D eigenvalue weighted by Crippen LogP contribution is -2.21. The van der Waals surface area contributed by atoms with E-state index in [9.17, 15) is 0 Å². The van der Waals surface area contributed by atoms with Crippen LogP contribution in [0.25, 0.3) is 21.9 Å². The van der Waals surface area contributed by atoms with E-state index in [1.54, 1.807) is 0 Å². The van der Waals surface area contributed by atoms with Crippen LogP contribution in [0.15, 0.2) is 48.8 Å². The monoisotopic (exact) mass is 346 g/mol. The fourth-order valence-corrected chi connectivity index (χ4v) is 3.33. The summed E-state index contributed by atoms with van der Waals surface area (Å²) < 4.78 is 0. The molecule has 26 heavy (non-hydrogen) atoms. The number of benzene rings is 2. The van der Waals surface area contributed by atoms with Gasteiger partial charge in [-0.1, -0.05) is 71.9 Å². The van der Waals surface area contributed by atoms with Crippen molar-refractivity contribution in [2.24, 2.45) is 0 Å². The van der Waals surface area contributed by atoms with E-state index in [2.05, 4.69) is 88.1 Å². The van der Waals surface area contributed by atoms with E-state index >= 15 is 0 Å². The molecule has 0 atom stereocenters. The highest BCUT2D eigenvalue weighted by molar-refractivity contribution is 5.86. The number of aromatic nitrogens is 2. The van der Waals surface area contributed by atoms with Crippen molar-refractivity contribution in [2.45, 2.75) is 65.2 Å². The van der Waals surface area contributed by atoms with E-state index < -0.39 is 0 Å². The third-order valence-corrected chi connectivity index (χ3v) is 6.16. The Morgan fingerprint density at radius 1 is 0.731 bits per heavy atom. The highest BCUT2D eigenvalue weighted by atomic mass is 15.1. The quantitative estimate of drug-likeness (QED) is 0.515. The van der Waals surface area contributed by atoms with Gasteiger partial charge in [-0.3, -0.25) is 0 Å². The molecule has 1 heterocycles. The molecular formula is C24H30N2. The van der Waals surface area contributed by atoms with Gasteiger partial charge in [0.15, 0.2) is 0 Å². The van der Waals surface area contributed by atoms with E-state index in [0.29, 0.717) is 0 Å². The van der Waals surface area contributed by atoms with Gasteiger partial charge in [0.1, 0.15) is 0 Å². The number of hydrogen-bond donors (Lipinski definition) is 0. The zero-order valence-corrected chi connectivity index (χ0v) is 16.9. The molecular weight excluding hydrogens is 316 g/mol. The van der Waals surface area contributed by atoms with E-state index in [1.165, 1.54) is 22.3 Å². The first kappa shape index (κ1) is 18.6. The Kier molecular flexibility index (Phi) is 4.88. The van der Waals surface area contributed by atoms with Crippen LogP contribution in [0.2, 0.25) is 0 Å². The predicted molar refractivity (Wildman–Crippen MR) is 112 cm³/mol. The Bertz CT molecular complexity index is 922. The molecule has 3 aromatic rings. The molecule has 0 unspecified atom stereocenters. The van der Waals surface area contributed by atoms with Crippen LogP contribution in [0.5, 0.6) is 0 Å². The average Bonchev–Trinajstić information content (AvgIpc) is 2.67. The van der Waals surface area contributed by atoms with Gasteiger partial charge < -0.3 is 0 Å². The van der Waals surface area contributed by atoms with Gasteiger partial charge >= 0.3 is 0 Å². The van der Waals surface area contributed by atoms with Gasteiger partial charge in [-0.05, 0) is 52.0 Å². The van der Waals surface area contributed by atoms with Crippen LogP contribution in [0.3, 0.4) is 0 Å². The largest absolute Gasteiger partial charge is 0.158 e. The van der Waals surface area contributed by atoms with E-state index in [0.717, 1.165) is 23.6 Å². The van der Waals surface area contributed by atoms with E-state index in [1.807, 2.05) is 12.4 Å². The van der Waals surface area contributed by atoms with Crippen LogP contribution in [-0.4, -0.2) is 10.2 Å². The summed E-state index contributed by atoms with van der Waals surface area (Å²) in [6.07, 6.45) is 5.91. The highest BCUT2D eigenvalue weighted by Gasteiger charge is 2.26. The van der Waals surface area contributed by atoms with Crippen molar-refractivity contribution in [3.05, 3.63) is 59.9 Å². The van der Waals surface area contributed by atoms with Crippen molar-refractivity contribution in [1.82, 2.24) is 10.2 Å². The molecule has 0 fully saturated rings. The molecule has 0 bridgehead atoms. The first-order chi connectivity index (χ1) is 12.3. The fraction of sp³-hybridized carbons (Fsp3) is 0.417. The van der Waals surface area contributed by atoms with Gasteiger partial charge in [-0.25, -0.2) is 0 Å². The van der Waals surface area contributed by atoms with Gasteiger partial charge in [-0.15, -0.1) is 0 Å². The molecule has 136 valence electrons. The summed E-state index contributed by atoms with van der Waals surface area (Å²) in [4.78, 5) is 0. The van der Waals surface area contributed by atoms with E-state index in [4.69, 9.17) is 0 Å². The van der Waals surface area contributed by atoms with Gasteiger partial charge in [0.25, 0.3) is 0 Å². The molecule has 3 rings (SSSR count). The fourth-order valence-electron chi connectivity index (χ4n) is 3.33. The van der Waals surface area contributed by atoms with Gasteiger partial charge in [0.2, 0.25) is 0 Å². The van der Waals surface area contributed by atoms with Crippen LogP contribution >= 0.6 is 0 Å². The summed E-state index contributed by atoms with van der Waals surface area (Å²) in [5.41, 5.74) is 5.75. The highest BCUT2D eigenvalue weighted by Crippen LogP contribution is 2.39. The first-order valence-corrected chi connectivity index (χ1v) is 9.64. The molecule has 2 nitrogen and oxygen atoms in total. The van der Waals surface area contributed by atoms with Crippen LogP contribution in [-0.2, 0) is 10.8 Å². The molecule has 1 aromatic heterocycles. The summed E-state index contributed by atoms with van der Waals surface area (Å²) in [6, 6.07) is 13.7. The summed E-state index contributed by atoms with van der Waals surface area (Å²) in [5.74, 6) is 0. The van der Waals surface area contributed by atoms with Crippen molar-refractivity contribution < 1.29 is 0 Å². The minimum Gasteiger partial charge on any atom is -0.158 e. The lowest BCUT2D eigenvalue weighted by atomic mass is 9.74. The Morgan fingerprint density at radius 3 is 2.04 bits per heavy atom.